The molecule has 1 nitrogen and oxygen atoms in total. The summed E-state index contributed by atoms with van der Waals surface area (Å²) in [5.74, 6) is 0.634. The van der Waals surface area contributed by atoms with Gasteiger partial charge in [0, 0.05) is 6.61 Å². The molecular weight excluding hydrogens is 191 g/mol. The van der Waals surface area contributed by atoms with Crippen LogP contribution in [0.25, 0.3) is 0 Å². The summed E-state index contributed by atoms with van der Waals surface area (Å²) in [6.45, 7) is 4.45. The zero-order valence-corrected chi connectivity index (χ0v) is 9.41. The third-order valence-corrected chi connectivity index (χ3v) is 2.55. The Morgan fingerprint density at radius 3 is 2.60 bits per heavy atom. The first-order valence-corrected chi connectivity index (χ1v) is 5.49. The van der Waals surface area contributed by atoms with Gasteiger partial charge in [-0.1, -0.05) is 26.0 Å². The van der Waals surface area contributed by atoms with Gasteiger partial charge >= 0.3 is 0 Å². The van der Waals surface area contributed by atoms with E-state index in [9.17, 15) is 4.39 Å². The molecule has 15 heavy (non-hydrogen) atoms. The first kappa shape index (κ1) is 12.2. The standard InChI is InChI=1S/C13H19FO/c1-10(2)8-12(6-7-15)11-4-3-5-13(14)9-11/h3-5,9-10,12,15H,6-8H2,1-2H3. The minimum Gasteiger partial charge on any atom is -0.396 e. The predicted molar refractivity (Wildman–Crippen MR) is 60.3 cm³/mol. The molecule has 0 bridgehead atoms. The molecule has 0 aromatic heterocycles. The fourth-order valence-corrected chi connectivity index (χ4v) is 1.91. The van der Waals surface area contributed by atoms with Crippen molar-refractivity contribution in [1.29, 1.82) is 0 Å². The van der Waals surface area contributed by atoms with Crippen molar-refractivity contribution in [2.24, 2.45) is 5.92 Å². The number of hydrogen-bond acceptors (Lipinski definition) is 1. The van der Waals surface area contributed by atoms with Gasteiger partial charge in [0.25, 0.3) is 0 Å². The molecule has 0 aliphatic carbocycles. The highest BCUT2D eigenvalue weighted by Crippen LogP contribution is 2.27. The summed E-state index contributed by atoms with van der Waals surface area (Å²) in [5, 5.41) is 8.99. The molecule has 1 N–H and O–H groups in total. The Bertz CT molecular complexity index is 296. The van der Waals surface area contributed by atoms with Crippen LogP contribution in [-0.4, -0.2) is 11.7 Å². The average molecular weight is 210 g/mol. The van der Waals surface area contributed by atoms with Crippen molar-refractivity contribution >= 4 is 0 Å². The fourth-order valence-electron chi connectivity index (χ4n) is 1.91. The molecule has 1 aromatic rings. The Hall–Kier alpha value is -0.890. The fraction of sp³-hybridized carbons (Fsp3) is 0.538. The molecule has 1 aromatic carbocycles. The van der Waals surface area contributed by atoms with Crippen LogP contribution in [0.4, 0.5) is 4.39 Å². The third-order valence-electron chi connectivity index (χ3n) is 2.55. The van der Waals surface area contributed by atoms with E-state index in [0.717, 1.165) is 12.0 Å². The van der Waals surface area contributed by atoms with Crippen molar-refractivity contribution in [3.8, 4) is 0 Å². The van der Waals surface area contributed by atoms with Crippen LogP contribution in [0.15, 0.2) is 24.3 Å². The predicted octanol–water partition coefficient (Wildman–Crippen LogP) is 3.34. The Morgan fingerprint density at radius 2 is 2.07 bits per heavy atom. The summed E-state index contributed by atoms with van der Waals surface area (Å²) in [6.07, 6.45) is 1.70. The molecule has 1 rings (SSSR count). The molecule has 0 fully saturated rings. The van der Waals surface area contributed by atoms with Crippen molar-refractivity contribution < 1.29 is 9.50 Å². The monoisotopic (exact) mass is 210 g/mol. The second-order valence-electron chi connectivity index (χ2n) is 4.39. The molecule has 0 aliphatic rings. The molecule has 0 aliphatic heterocycles. The summed E-state index contributed by atoms with van der Waals surface area (Å²) in [4.78, 5) is 0. The van der Waals surface area contributed by atoms with Gasteiger partial charge in [0.1, 0.15) is 5.82 Å². The van der Waals surface area contributed by atoms with Crippen molar-refractivity contribution in [3.63, 3.8) is 0 Å². The maximum Gasteiger partial charge on any atom is 0.123 e. The molecule has 0 radical (unpaired) electrons. The SMILES string of the molecule is CC(C)CC(CCO)c1cccc(F)c1. The number of hydrogen-bond donors (Lipinski definition) is 1. The smallest absolute Gasteiger partial charge is 0.123 e. The van der Waals surface area contributed by atoms with E-state index in [1.54, 1.807) is 12.1 Å². The lowest BCUT2D eigenvalue weighted by Gasteiger charge is -2.18. The van der Waals surface area contributed by atoms with E-state index < -0.39 is 0 Å². The number of aliphatic hydroxyl groups excluding tert-OH is 1. The van der Waals surface area contributed by atoms with Gasteiger partial charge in [-0.3, -0.25) is 0 Å². The van der Waals surface area contributed by atoms with E-state index >= 15 is 0 Å². The average Bonchev–Trinajstić information content (AvgIpc) is 2.16. The number of benzene rings is 1. The maximum absolute atomic E-state index is 13.0. The van der Waals surface area contributed by atoms with Crippen molar-refractivity contribution in [1.82, 2.24) is 0 Å². The van der Waals surface area contributed by atoms with Crippen LogP contribution in [0.1, 0.15) is 38.2 Å². The maximum atomic E-state index is 13.0. The first-order chi connectivity index (χ1) is 7.13. The molecular formula is C13H19FO. The van der Waals surface area contributed by atoms with Gasteiger partial charge in [0.2, 0.25) is 0 Å². The van der Waals surface area contributed by atoms with Crippen molar-refractivity contribution in [3.05, 3.63) is 35.6 Å². The van der Waals surface area contributed by atoms with Gasteiger partial charge < -0.3 is 5.11 Å². The van der Waals surface area contributed by atoms with E-state index in [1.165, 1.54) is 6.07 Å². The van der Waals surface area contributed by atoms with Gasteiger partial charge in [-0.05, 0) is 42.4 Å². The molecule has 1 unspecified atom stereocenters. The molecule has 84 valence electrons. The largest absolute Gasteiger partial charge is 0.396 e. The Labute approximate surface area is 90.9 Å². The highest BCUT2D eigenvalue weighted by atomic mass is 19.1. The molecule has 0 saturated carbocycles. The minimum absolute atomic E-state index is 0.161. The number of aliphatic hydroxyl groups is 1. The van der Waals surface area contributed by atoms with E-state index in [4.69, 9.17) is 5.11 Å². The normalized spacial score (nSPS) is 13.1. The number of halogens is 1. The number of rotatable bonds is 5. The topological polar surface area (TPSA) is 20.2 Å². The van der Waals surface area contributed by atoms with Gasteiger partial charge in [0.05, 0.1) is 0 Å². The van der Waals surface area contributed by atoms with Crippen LogP contribution in [-0.2, 0) is 0 Å². The van der Waals surface area contributed by atoms with Crippen LogP contribution in [0.5, 0.6) is 0 Å². The van der Waals surface area contributed by atoms with E-state index in [-0.39, 0.29) is 18.3 Å². The Morgan fingerprint density at radius 1 is 1.33 bits per heavy atom. The van der Waals surface area contributed by atoms with Gasteiger partial charge in [-0.15, -0.1) is 0 Å². The lowest BCUT2D eigenvalue weighted by molar-refractivity contribution is 0.267. The van der Waals surface area contributed by atoms with Crippen LogP contribution in [0.3, 0.4) is 0 Å². The van der Waals surface area contributed by atoms with E-state index in [1.807, 2.05) is 6.07 Å². The summed E-state index contributed by atoms with van der Waals surface area (Å²) in [7, 11) is 0. The summed E-state index contributed by atoms with van der Waals surface area (Å²) >= 11 is 0. The first-order valence-electron chi connectivity index (χ1n) is 5.49. The summed E-state index contributed by atoms with van der Waals surface area (Å²) in [5.41, 5.74) is 0.998. The van der Waals surface area contributed by atoms with Crippen molar-refractivity contribution in [2.75, 3.05) is 6.61 Å². The summed E-state index contributed by atoms with van der Waals surface area (Å²) in [6, 6.07) is 6.69. The Balaban J connectivity index is 2.78. The van der Waals surface area contributed by atoms with E-state index in [2.05, 4.69) is 13.8 Å². The molecule has 0 amide bonds. The van der Waals surface area contributed by atoms with Crippen LogP contribution in [0.2, 0.25) is 0 Å². The minimum atomic E-state index is -0.195. The second kappa shape index (κ2) is 5.86. The van der Waals surface area contributed by atoms with Gasteiger partial charge in [-0.2, -0.15) is 0 Å². The van der Waals surface area contributed by atoms with Crippen LogP contribution >= 0.6 is 0 Å². The Kier molecular flexibility index (Phi) is 4.76. The highest BCUT2D eigenvalue weighted by Gasteiger charge is 2.13. The molecule has 2 heteroatoms. The molecule has 0 saturated heterocycles. The van der Waals surface area contributed by atoms with Gasteiger partial charge in [-0.25, -0.2) is 4.39 Å². The van der Waals surface area contributed by atoms with E-state index in [0.29, 0.717) is 12.3 Å². The van der Waals surface area contributed by atoms with Crippen LogP contribution < -0.4 is 0 Å². The summed E-state index contributed by atoms with van der Waals surface area (Å²) < 4.78 is 13.0. The highest BCUT2D eigenvalue weighted by molar-refractivity contribution is 5.20. The molecule has 0 spiro atoms. The van der Waals surface area contributed by atoms with Gasteiger partial charge in [0.15, 0.2) is 0 Å². The lowest BCUT2D eigenvalue weighted by atomic mass is 9.88. The molecule has 0 heterocycles. The van der Waals surface area contributed by atoms with Crippen LogP contribution in [0, 0.1) is 11.7 Å². The van der Waals surface area contributed by atoms with Crippen molar-refractivity contribution in [2.45, 2.75) is 32.6 Å². The molecule has 1 atom stereocenters. The zero-order chi connectivity index (χ0) is 11.3. The zero-order valence-electron chi connectivity index (χ0n) is 9.41. The third kappa shape index (κ3) is 4.00. The second-order valence-corrected chi connectivity index (χ2v) is 4.39. The lowest BCUT2D eigenvalue weighted by Crippen LogP contribution is -2.05. The quantitative estimate of drug-likeness (QED) is 0.790.